The van der Waals surface area contributed by atoms with Crippen molar-refractivity contribution in [3.63, 3.8) is 0 Å². The molecule has 2 N–H and O–H groups in total. The van der Waals surface area contributed by atoms with Crippen molar-refractivity contribution in [2.45, 2.75) is 33.2 Å². The molecule has 6 heteroatoms. The zero-order valence-electron chi connectivity index (χ0n) is 11.3. The fourth-order valence-corrected chi connectivity index (χ4v) is 1.46. The summed E-state index contributed by atoms with van der Waals surface area (Å²) in [6, 6.07) is 1.34. The second kappa shape index (κ2) is 6.78. The molecule has 1 aromatic heterocycles. The minimum atomic E-state index is -0.441. The Balaban J connectivity index is 2.86. The summed E-state index contributed by atoms with van der Waals surface area (Å²) in [6.45, 7) is 6.50. The van der Waals surface area contributed by atoms with E-state index in [1.54, 1.807) is 13.0 Å². The van der Waals surface area contributed by atoms with Gasteiger partial charge in [-0.3, -0.25) is 0 Å². The highest BCUT2D eigenvalue weighted by Gasteiger charge is 2.14. The number of carbonyl (C=O) groups excluding carboxylic acids is 1. The molecule has 0 bridgehead atoms. The van der Waals surface area contributed by atoms with Crippen LogP contribution in [-0.4, -0.2) is 35.6 Å². The first kappa shape index (κ1) is 14.2. The van der Waals surface area contributed by atoms with E-state index in [-0.39, 0.29) is 5.97 Å². The maximum absolute atomic E-state index is 11.3. The summed E-state index contributed by atoms with van der Waals surface area (Å²) in [6.07, 6.45) is 0.737. The van der Waals surface area contributed by atoms with Gasteiger partial charge in [0, 0.05) is 19.0 Å². The average Bonchev–Trinajstić information content (AvgIpc) is 2.37. The number of carbonyl (C=O) groups is 1. The van der Waals surface area contributed by atoms with Crippen molar-refractivity contribution in [3.8, 4) is 0 Å². The number of nitrogens with zero attached hydrogens (tertiary/aromatic N) is 2. The third kappa shape index (κ3) is 3.87. The number of hydrogen-bond acceptors (Lipinski definition) is 6. The highest BCUT2D eigenvalue weighted by atomic mass is 16.5. The van der Waals surface area contributed by atoms with Gasteiger partial charge in [-0.1, -0.05) is 6.92 Å². The van der Waals surface area contributed by atoms with Crippen LogP contribution in [0.4, 0.5) is 11.6 Å². The Morgan fingerprint density at radius 2 is 2.06 bits per heavy atom. The molecule has 1 aromatic rings. The Bertz CT molecular complexity index is 409. The molecule has 0 aromatic carbocycles. The molecule has 1 atom stereocenters. The van der Waals surface area contributed by atoms with Crippen LogP contribution in [0.2, 0.25) is 0 Å². The van der Waals surface area contributed by atoms with Gasteiger partial charge in [-0.2, -0.15) is 0 Å². The first-order valence-electron chi connectivity index (χ1n) is 6.06. The summed E-state index contributed by atoms with van der Waals surface area (Å²) in [4.78, 5) is 20.0. The predicted octanol–water partition coefficient (Wildman–Crippen LogP) is 1.44. The van der Waals surface area contributed by atoms with Crippen LogP contribution < -0.4 is 10.6 Å². The number of ether oxygens (including phenoxy) is 1. The number of hydrogen-bond donors (Lipinski definition) is 2. The maximum atomic E-state index is 11.3. The zero-order valence-corrected chi connectivity index (χ0v) is 11.3. The Kier molecular flexibility index (Phi) is 5.35. The van der Waals surface area contributed by atoms with Gasteiger partial charge < -0.3 is 15.4 Å². The quantitative estimate of drug-likeness (QED) is 0.746. The molecule has 0 aliphatic rings. The van der Waals surface area contributed by atoms with E-state index in [1.165, 1.54) is 7.11 Å². The van der Waals surface area contributed by atoms with Gasteiger partial charge in [0.15, 0.2) is 0 Å². The summed E-state index contributed by atoms with van der Waals surface area (Å²) in [5.41, 5.74) is 0. The lowest BCUT2D eigenvalue weighted by Crippen LogP contribution is -2.27. The van der Waals surface area contributed by atoms with Gasteiger partial charge in [-0.05, 0) is 13.8 Å². The normalized spacial score (nSPS) is 11.8. The first-order valence-corrected chi connectivity index (χ1v) is 6.06. The summed E-state index contributed by atoms with van der Waals surface area (Å²) in [7, 11) is 1.36. The van der Waals surface area contributed by atoms with Gasteiger partial charge in [0.2, 0.25) is 0 Å². The SMILES string of the molecule is CCNc1cc(NC(C)C(=O)OC)nc(CC)n1. The predicted molar refractivity (Wildman–Crippen MR) is 70.7 cm³/mol. The molecule has 1 heterocycles. The van der Waals surface area contributed by atoms with Crippen molar-refractivity contribution in [1.29, 1.82) is 0 Å². The van der Waals surface area contributed by atoms with Crippen molar-refractivity contribution in [2.75, 3.05) is 24.3 Å². The number of rotatable bonds is 6. The number of nitrogens with one attached hydrogen (secondary N) is 2. The second-order valence-corrected chi connectivity index (χ2v) is 3.83. The highest BCUT2D eigenvalue weighted by molar-refractivity contribution is 5.78. The molecule has 0 radical (unpaired) electrons. The Morgan fingerprint density at radius 1 is 1.39 bits per heavy atom. The van der Waals surface area contributed by atoms with Gasteiger partial charge in [0.25, 0.3) is 0 Å². The summed E-state index contributed by atoms with van der Waals surface area (Å²) in [5, 5.41) is 6.13. The van der Waals surface area contributed by atoms with Crippen molar-refractivity contribution >= 4 is 17.6 Å². The molecule has 0 aliphatic carbocycles. The van der Waals surface area contributed by atoms with Crippen molar-refractivity contribution in [3.05, 3.63) is 11.9 Å². The van der Waals surface area contributed by atoms with Gasteiger partial charge in [0.1, 0.15) is 23.5 Å². The monoisotopic (exact) mass is 252 g/mol. The molecule has 0 fully saturated rings. The number of aryl methyl sites for hydroxylation is 1. The summed E-state index contributed by atoms with van der Waals surface area (Å²) in [5.74, 6) is 1.78. The van der Waals surface area contributed by atoms with Crippen LogP contribution in [0.3, 0.4) is 0 Å². The van der Waals surface area contributed by atoms with Gasteiger partial charge >= 0.3 is 5.97 Å². The molecule has 18 heavy (non-hydrogen) atoms. The second-order valence-electron chi connectivity index (χ2n) is 3.83. The molecular weight excluding hydrogens is 232 g/mol. The molecule has 0 saturated carbocycles. The fraction of sp³-hybridized carbons (Fsp3) is 0.583. The topological polar surface area (TPSA) is 76.1 Å². The van der Waals surface area contributed by atoms with E-state index in [4.69, 9.17) is 0 Å². The Hall–Kier alpha value is -1.85. The molecular formula is C12H20N4O2. The third-order valence-corrected chi connectivity index (χ3v) is 2.37. The number of methoxy groups -OCH3 is 1. The zero-order chi connectivity index (χ0) is 13.5. The third-order valence-electron chi connectivity index (χ3n) is 2.37. The molecule has 1 rings (SSSR count). The largest absolute Gasteiger partial charge is 0.467 e. The average molecular weight is 252 g/mol. The van der Waals surface area contributed by atoms with Crippen LogP contribution in [0.15, 0.2) is 6.07 Å². The lowest BCUT2D eigenvalue weighted by atomic mass is 10.3. The molecule has 0 aliphatic heterocycles. The molecule has 0 amide bonds. The first-order chi connectivity index (χ1) is 8.60. The van der Waals surface area contributed by atoms with E-state index in [1.807, 2.05) is 13.8 Å². The van der Waals surface area contributed by atoms with Crippen molar-refractivity contribution in [2.24, 2.45) is 0 Å². The Morgan fingerprint density at radius 3 is 2.61 bits per heavy atom. The fourth-order valence-electron chi connectivity index (χ4n) is 1.46. The maximum Gasteiger partial charge on any atom is 0.328 e. The molecule has 6 nitrogen and oxygen atoms in total. The van der Waals surface area contributed by atoms with Crippen LogP contribution in [0, 0.1) is 0 Å². The van der Waals surface area contributed by atoms with E-state index in [0.717, 1.165) is 24.6 Å². The summed E-state index contributed by atoms with van der Waals surface area (Å²) >= 11 is 0. The van der Waals surface area contributed by atoms with E-state index in [9.17, 15) is 4.79 Å². The smallest absolute Gasteiger partial charge is 0.328 e. The highest BCUT2D eigenvalue weighted by Crippen LogP contribution is 2.13. The van der Waals surface area contributed by atoms with Crippen LogP contribution in [0.5, 0.6) is 0 Å². The molecule has 0 spiro atoms. The molecule has 0 saturated heterocycles. The van der Waals surface area contributed by atoms with Gasteiger partial charge in [-0.25, -0.2) is 14.8 Å². The van der Waals surface area contributed by atoms with E-state index in [2.05, 4.69) is 25.3 Å². The lowest BCUT2D eigenvalue weighted by Gasteiger charge is -2.14. The molecule has 100 valence electrons. The minimum absolute atomic E-state index is 0.323. The van der Waals surface area contributed by atoms with E-state index < -0.39 is 6.04 Å². The van der Waals surface area contributed by atoms with Crippen molar-refractivity contribution < 1.29 is 9.53 Å². The van der Waals surface area contributed by atoms with Crippen molar-refractivity contribution in [1.82, 2.24) is 9.97 Å². The van der Waals surface area contributed by atoms with Crippen LogP contribution in [0.25, 0.3) is 0 Å². The van der Waals surface area contributed by atoms with Crippen LogP contribution in [-0.2, 0) is 16.0 Å². The summed E-state index contributed by atoms with van der Waals surface area (Å²) < 4.78 is 4.66. The van der Waals surface area contributed by atoms with E-state index >= 15 is 0 Å². The number of esters is 1. The van der Waals surface area contributed by atoms with Crippen LogP contribution >= 0.6 is 0 Å². The molecule has 1 unspecified atom stereocenters. The number of anilines is 2. The number of aromatic nitrogens is 2. The lowest BCUT2D eigenvalue weighted by molar-refractivity contribution is -0.141. The van der Waals surface area contributed by atoms with Gasteiger partial charge in [-0.15, -0.1) is 0 Å². The Labute approximate surface area is 107 Å². The van der Waals surface area contributed by atoms with Crippen LogP contribution in [0.1, 0.15) is 26.6 Å². The minimum Gasteiger partial charge on any atom is -0.467 e. The van der Waals surface area contributed by atoms with E-state index in [0.29, 0.717) is 5.82 Å². The standard InChI is InChI=1S/C12H20N4O2/c1-5-9-15-10(13-6-2)7-11(16-9)14-8(3)12(17)18-4/h7-8H,5-6H2,1-4H3,(H2,13,14,15,16). The van der Waals surface area contributed by atoms with Gasteiger partial charge in [0.05, 0.1) is 7.11 Å².